The number of benzene rings is 1. The third-order valence-electron chi connectivity index (χ3n) is 4.25. The van der Waals surface area contributed by atoms with Gasteiger partial charge in [0, 0.05) is 26.2 Å². The molecular formula is C17H25N3O. The molecule has 0 aliphatic carbocycles. The molecule has 4 nitrogen and oxygen atoms in total. The summed E-state index contributed by atoms with van der Waals surface area (Å²) in [5, 5.41) is 9.47. The van der Waals surface area contributed by atoms with E-state index in [0.29, 0.717) is 12.5 Å². The first-order chi connectivity index (χ1) is 10.2. The maximum absolute atomic E-state index is 9.47. The summed E-state index contributed by atoms with van der Waals surface area (Å²) in [7, 11) is 0. The SMILES string of the molecule is CCOC1CCN(CCC(N)(C#N)c2ccccc2)CC1. The number of likely N-dealkylation sites (tertiary alicyclic amines) is 1. The third kappa shape index (κ3) is 4.28. The van der Waals surface area contributed by atoms with Crippen molar-refractivity contribution >= 4 is 0 Å². The maximum Gasteiger partial charge on any atom is 0.131 e. The largest absolute Gasteiger partial charge is 0.378 e. The van der Waals surface area contributed by atoms with E-state index in [0.717, 1.165) is 44.6 Å². The smallest absolute Gasteiger partial charge is 0.131 e. The molecule has 2 rings (SSSR count). The van der Waals surface area contributed by atoms with E-state index in [2.05, 4.69) is 11.0 Å². The van der Waals surface area contributed by atoms with Crippen LogP contribution in [0.3, 0.4) is 0 Å². The number of rotatable bonds is 6. The van der Waals surface area contributed by atoms with Crippen molar-refractivity contribution in [3.05, 3.63) is 35.9 Å². The topological polar surface area (TPSA) is 62.3 Å². The number of ether oxygens (including phenoxy) is 1. The van der Waals surface area contributed by atoms with Crippen molar-refractivity contribution in [2.75, 3.05) is 26.2 Å². The van der Waals surface area contributed by atoms with Crippen molar-refractivity contribution in [1.29, 1.82) is 5.26 Å². The van der Waals surface area contributed by atoms with Crippen molar-refractivity contribution in [2.45, 2.75) is 37.8 Å². The number of hydrogen-bond acceptors (Lipinski definition) is 4. The summed E-state index contributed by atoms with van der Waals surface area (Å²) in [6.45, 7) is 5.75. The molecule has 114 valence electrons. The van der Waals surface area contributed by atoms with Gasteiger partial charge in [0.15, 0.2) is 0 Å². The van der Waals surface area contributed by atoms with Crippen LogP contribution in [0.5, 0.6) is 0 Å². The van der Waals surface area contributed by atoms with Crippen LogP contribution in [0.25, 0.3) is 0 Å². The summed E-state index contributed by atoms with van der Waals surface area (Å²) in [5.74, 6) is 0. The van der Waals surface area contributed by atoms with Crippen molar-refractivity contribution in [3.63, 3.8) is 0 Å². The predicted octanol–water partition coefficient (Wildman–Crippen LogP) is 2.26. The molecule has 2 N–H and O–H groups in total. The highest BCUT2D eigenvalue weighted by Gasteiger charge is 2.28. The fraction of sp³-hybridized carbons (Fsp3) is 0.588. The van der Waals surface area contributed by atoms with E-state index < -0.39 is 5.54 Å². The van der Waals surface area contributed by atoms with Crippen LogP contribution in [0, 0.1) is 11.3 Å². The Morgan fingerprint density at radius 3 is 2.57 bits per heavy atom. The van der Waals surface area contributed by atoms with Crippen LogP contribution in [0.1, 0.15) is 31.7 Å². The van der Waals surface area contributed by atoms with Gasteiger partial charge in [-0.25, -0.2) is 0 Å². The Bertz CT molecular complexity index is 463. The van der Waals surface area contributed by atoms with Crippen LogP contribution in [0.15, 0.2) is 30.3 Å². The molecule has 1 aromatic rings. The lowest BCUT2D eigenvalue weighted by atomic mass is 9.89. The van der Waals surface area contributed by atoms with E-state index >= 15 is 0 Å². The zero-order valence-corrected chi connectivity index (χ0v) is 12.8. The normalized spacial score (nSPS) is 19.9. The molecule has 1 unspecified atom stereocenters. The van der Waals surface area contributed by atoms with Gasteiger partial charge in [0.25, 0.3) is 0 Å². The first-order valence-corrected chi connectivity index (χ1v) is 7.77. The minimum Gasteiger partial charge on any atom is -0.378 e. The second-order valence-corrected chi connectivity index (χ2v) is 5.70. The summed E-state index contributed by atoms with van der Waals surface area (Å²) in [6, 6.07) is 12.0. The monoisotopic (exact) mass is 287 g/mol. The summed E-state index contributed by atoms with van der Waals surface area (Å²) >= 11 is 0. The Labute approximate surface area is 127 Å². The molecule has 1 aliphatic rings. The van der Waals surface area contributed by atoms with E-state index in [1.807, 2.05) is 37.3 Å². The predicted molar refractivity (Wildman–Crippen MR) is 83.6 cm³/mol. The highest BCUT2D eigenvalue weighted by Crippen LogP contribution is 2.23. The van der Waals surface area contributed by atoms with Gasteiger partial charge in [-0.15, -0.1) is 0 Å². The molecule has 1 fully saturated rings. The average Bonchev–Trinajstić information content (AvgIpc) is 2.55. The number of piperidine rings is 1. The minimum absolute atomic E-state index is 0.402. The van der Waals surface area contributed by atoms with Gasteiger partial charge in [-0.1, -0.05) is 30.3 Å². The molecule has 1 atom stereocenters. The maximum atomic E-state index is 9.47. The molecule has 0 aromatic heterocycles. The molecule has 1 aromatic carbocycles. The fourth-order valence-electron chi connectivity index (χ4n) is 2.87. The molecule has 21 heavy (non-hydrogen) atoms. The standard InChI is InChI=1S/C17H25N3O/c1-2-21-16-8-11-20(12-9-16)13-10-17(19,14-18)15-6-4-3-5-7-15/h3-7,16H,2,8-13,19H2,1H3. The Hall–Kier alpha value is -1.41. The van der Waals surface area contributed by atoms with Gasteiger partial charge in [0.2, 0.25) is 0 Å². The quantitative estimate of drug-likeness (QED) is 0.871. The van der Waals surface area contributed by atoms with Crippen molar-refractivity contribution in [3.8, 4) is 6.07 Å². The zero-order chi connectivity index (χ0) is 15.1. The van der Waals surface area contributed by atoms with Crippen molar-refractivity contribution in [2.24, 2.45) is 5.73 Å². The zero-order valence-electron chi connectivity index (χ0n) is 12.8. The molecule has 1 heterocycles. The minimum atomic E-state index is -0.891. The van der Waals surface area contributed by atoms with Gasteiger partial charge in [-0.2, -0.15) is 5.26 Å². The highest BCUT2D eigenvalue weighted by atomic mass is 16.5. The summed E-state index contributed by atoms with van der Waals surface area (Å²) in [6.07, 6.45) is 3.21. The van der Waals surface area contributed by atoms with Gasteiger partial charge >= 0.3 is 0 Å². The van der Waals surface area contributed by atoms with Crippen LogP contribution in [0.4, 0.5) is 0 Å². The van der Waals surface area contributed by atoms with E-state index in [-0.39, 0.29) is 0 Å². The fourth-order valence-corrected chi connectivity index (χ4v) is 2.87. The van der Waals surface area contributed by atoms with E-state index in [1.54, 1.807) is 0 Å². The highest BCUT2D eigenvalue weighted by molar-refractivity contribution is 5.30. The average molecular weight is 287 g/mol. The van der Waals surface area contributed by atoms with Crippen LogP contribution in [0.2, 0.25) is 0 Å². The van der Waals surface area contributed by atoms with Crippen LogP contribution in [-0.4, -0.2) is 37.2 Å². The Morgan fingerprint density at radius 1 is 1.33 bits per heavy atom. The van der Waals surface area contributed by atoms with Crippen molar-refractivity contribution in [1.82, 2.24) is 4.90 Å². The van der Waals surface area contributed by atoms with Gasteiger partial charge < -0.3 is 15.4 Å². The molecule has 0 saturated carbocycles. The van der Waals surface area contributed by atoms with Crippen LogP contribution < -0.4 is 5.73 Å². The number of nitrogens with zero attached hydrogens (tertiary/aromatic N) is 2. The molecule has 4 heteroatoms. The lowest BCUT2D eigenvalue weighted by molar-refractivity contribution is 0.0133. The van der Waals surface area contributed by atoms with Crippen LogP contribution >= 0.6 is 0 Å². The number of nitrogens with two attached hydrogens (primary N) is 1. The molecular weight excluding hydrogens is 262 g/mol. The van der Waals surface area contributed by atoms with Gasteiger partial charge in [0.05, 0.1) is 12.2 Å². The van der Waals surface area contributed by atoms with Gasteiger partial charge in [-0.3, -0.25) is 0 Å². The summed E-state index contributed by atoms with van der Waals surface area (Å²) < 4.78 is 5.66. The Morgan fingerprint density at radius 2 is 2.00 bits per heavy atom. The van der Waals surface area contributed by atoms with E-state index in [1.165, 1.54) is 0 Å². The molecule has 0 bridgehead atoms. The second-order valence-electron chi connectivity index (χ2n) is 5.70. The van der Waals surface area contributed by atoms with Crippen molar-refractivity contribution < 1.29 is 4.74 Å². The summed E-state index contributed by atoms with van der Waals surface area (Å²) in [4.78, 5) is 2.39. The van der Waals surface area contributed by atoms with Crippen LogP contribution in [-0.2, 0) is 10.3 Å². The van der Waals surface area contributed by atoms with E-state index in [9.17, 15) is 5.26 Å². The molecule has 1 aliphatic heterocycles. The molecule has 1 saturated heterocycles. The third-order valence-corrected chi connectivity index (χ3v) is 4.25. The number of hydrogen-bond donors (Lipinski definition) is 1. The molecule has 0 radical (unpaired) electrons. The van der Waals surface area contributed by atoms with Gasteiger partial charge in [-0.05, 0) is 31.7 Å². The lowest BCUT2D eigenvalue weighted by Crippen LogP contribution is -2.42. The first kappa shape index (κ1) is 16.0. The van der Waals surface area contributed by atoms with Gasteiger partial charge in [0.1, 0.15) is 5.54 Å². The number of nitriles is 1. The lowest BCUT2D eigenvalue weighted by Gasteiger charge is -2.33. The molecule has 0 spiro atoms. The Balaban J connectivity index is 1.86. The first-order valence-electron chi connectivity index (χ1n) is 7.77. The molecule has 0 amide bonds. The second kappa shape index (κ2) is 7.56. The summed E-state index contributed by atoms with van der Waals surface area (Å²) in [5.41, 5.74) is 6.31. The van der Waals surface area contributed by atoms with E-state index in [4.69, 9.17) is 10.5 Å². The Kier molecular flexibility index (Phi) is 5.75.